The van der Waals surface area contributed by atoms with Crippen LogP contribution in [0.25, 0.3) is 0 Å². The molecule has 0 saturated heterocycles. The molecule has 0 bridgehead atoms. The molecule has 0 unspecified atom stereocenters. The number of carbonyl (C=O) groups excluding carboxylic acids is 1. The maximum atomic E-state index is 11.9. The Hall–Kier alpha value is -1.93. The van der Waals surface area contributed by atoms with E-state index in [0.29, 0.717) is 24.1 Å². The van der Waals surface area contributed by atoms with E-state index in [-0.39, 0.29) is 11.7 Å². The molecule has 0 spiro atoms. The summed E-state index contributed by atoms with van der Waals surface area (Å²) in [5.74, 6) is 0.640. The van der Waals surface area contributed by atoms with Crippen molar-refractivity contribution in [2.75, 3.05) is 24.8 Å². The van der Waals surface area contributed by atoms with E-state index < -0.39 is 0 Å². The number of methoxy groups -OCH3 is 1. The number of hydrogen-bond donors (Lipinski definition) is 1. The third-order valence-corrected chi connectivity index (χ3v) is 3.57. The van der Waals surface area contributed by atoms with Gasteiger partial charge >= 0.3 is 0 Å². The van der Waals surface area contributed by atoms with Crippen molar-refractivity contribution in [3.05, 3.63) is 29.7 Å². The SMILES string of the molecule is COCCn1ccc(NC(=O)CSc2nc(C)cc(C)n2)n1. The number of nitrogens with zero attached hydrogens (tertiary/aromatic N) is 4. The van der Waals surface area contributed by atoms with Gasteiger partial charge in [-0.1, -0.05) is 11.8 Å². The van der Waals surface area contributed by atoms with Crippen molar-refractivity contribution < 1.29 is 9.53 Å². The van der Waals surface area contributed by atoms with Gasteiger partial charge in [-0.25, -0.2) is 9.97 Å². The highest BCUT2D eigenvalue weighted by Gasteiger charge is 2.08. The van der Waals surface area contributed by atoms with Gasteiger partial charge < -0.3 is 10.1 Å². The van der Waals surface area contributed by atoms with E-state index in [9.17, 15) is 4.79 Å². The summed E-state index contributed by atoms with van der Waals surface area (Å²) in [4.78, 5) is 20.5. The van der Waals surface area contributed by atoms with Gasteiger partial charge in [-0.2, -0.15) is 5.10 Å². The lowest BCUT2D eigenvalue weighted by Gasteiger charge is -2.03. The van der Waals surface area contributed by atoms with Gasteiger partial charge in [-0.15, -0.1) is 0 Å². The fourth-order valence-corrected chi connectivity index (χ4v) is 2.55. The van der Waals surface area contributed by atoms with Crippen molar-refractivity contribution in [2.45, 2.75) is 25.5 Å². The second kappa shape index (κ2) is 7.90. The van der Waals surface area contributed by atoms with Gasteiger partial charge in [-0.3, -0.25) is 9.48 Å². The number of thioether (sulfide) groups is 1. The molecule has 0 atom stereocenters. The molecule has 0 aliphatic rings. The van der Waals surface area contributed by atoms with Gasteiger partial charge in [-0.05, 0) is 19.9 Å². The fourth-order valence-electron chi connectivity index (χ4n) is 1.80. The van der Waals surface area contributed by atoms with Crippen LogP contribution in [0.4, 0.5) is 5.82 Å². The Balaban J connectivity index is 1.83. The first kappa shape index (κ1) is 16.4. The summed E-state index contributed by atoms with van der Waals surface area (Å²) in [5.41, 5.74) is 1.79. The highest BCUT2D eigenvalue weighted by molar-refractivity contribution is 7.99. The molecule has 2 rings (SSSR count). The lowest BCUT2D eigenvalue weighted by Crippen LogP contribution is -2.15. The molecule has 7 nitrogen and oxygen atoms in total. The Kier molecular flexibility index (Phi) is 5.91. The zero-order chi connectivity index (χ0) is 15.9. The first-order chi connectivity index (χ1) is 10.6. The van der Waals surface area contributed by atoms with Gasteiger partial charge in [0.2, 0.25) is 5.91 Å². The highest BCUT2D eigenvalue weighted by Crippen LogP contribution is 2.14. The van der Waals surface area contributed by atoms with Crippen LogP contribution in [-0.4, -0.2) is 45.1 Å². The molecule has 0 aliphatic carbocycles. The van der Waals surface area contributed by atoms with Crippen LogP contribution in [0.5, 0.6) is 0 Å². The van der Waals surface area contributed by atoms with Crippen LogP contribution in [0.2, 0.25) is 0 Å². The number of rotatable bonds is 7. The maximum Gasteiger partial charge on any atom is 0.236 e. The number of carbonyl (C=O) groups is 1. The van der Waals surface area contributed by atoms with Crippen LogP contribution in [0.1, 0.15) is 11.4 Å². The number of anilines is 1. The van der Waals surface area contributed by atoms with Gasteiger partial charge in [0.25, 0.3) is 0 Å². The Bertz CT molecular complexity index is 624. The molecule has 118 valence electrons. The molecule has 0 saturated carbocycles. The first-order valence-electron chi connectivity index (χ1n) is 6.84. The van der Waals surface area contributed by atoms with E-state index in [0.717, 1.165) is 11.4 Å². The maximum absolute atomic E-state index is 11.9. The molecule has 22 heavy (non-hydrogen) atoms. The Morgan fingerprint density at radius 3 is 2.77 bits per heavy atom. The average molecular weight is 321 g/mol. The number of aromatic nitrogens is 4. The van der Waals surface area contributed by atoms with Gasteiger partial charge in [0.05, 0.1) is 18.9 Å². The molecule has 2 aromatic rings. The number of ether oxygens (including phenoxy) is 1. The molecule has 0 aliphatic heterocycles. The fraction of sp³-hybridized carbons (Fsp3) is 0.429. The average Bonchev–Trinajstić information content (AvgIpc) is 2.89. The summed E-state index contributed by atoms with van der Waals surface area (Å²) in [6.07, 6.45) is 1.80. The standard InChI is InChI=1S/C14H19N5O2S/c1-10-8-11(2)16-14(15-10)22-9-13(20)17-12-4-5-19(18-12)6-7-21-3/h4-5,8H,6-7,9H2,1-3H3,(H,17,18,20). The van der Waals surface area contributed by atoms with Crippen LogP contribution in [0.3, 0.4) is 0 Å². The smallest absolute Gasteiger partial charge is 0.236 e. The predicted octanol–water partition coefficient (Wildman–Crippen LogP) is 1.67. The van der Waals surface area contributed by atoms with Crippen molar-refractivity contribution in [1.29, 1.82) is 0 Å². The van der Waals surface area contributed by atoms with Crippen molar-refractivity contribution >= 4 is 23.5 Å². The first-order valence-corrected chi connectivity index (χ1v) is 7.82. The molecular weight excluding hydrogens is 302 g/mol. The van der Waals surface area contributed by atoms with E-state index in [2.05, 4.69) is 20.4 Å². The van der Waals surface area contributed by atoms with Crippen molar-refractivity contribution in [3.8, 4) is 0 Å². The van der Waals surface area contributed by atoms with Crippen LogP contribution in [-0.2, 0) is 16.1 Å². The van der Waals surface area contributed by atoms with Gasteiger partial charge in [0.15, 0.2) is 11.0 Å². The molecule has 1 N–H and O–H groups in total. The third kappa shape index (κ3) is 5.12. The van der Waals surface area contributed by atoms with Crippen LogP contribution >= 0.6 is 11.8 Å². The third-order valence-electron chi connectivity index (χ3n) is 2.73. The molecule has 0 aromatic carbocycles. The van der Waals surface area contributed by atoms with E-state index in [1.165, 1.54) is 11.8 Å². The lowest BCUT2D eigenvalue weighted by molar-refractivity contribution is -0.113. The number of nitrogens with one attached hydrogen (secondary N) is 1. The summed E-state index contributed by atoms with van der Waals surface area (Å²) < 4.78 is 6.70. The largest absolute Gasteiger partial charge is 0.383 e. The van der Waals surface area contributed by atoms with Crippen molar-refractivity contribution in [3.63, 3.8) is 0 Å². The van der Waals surface area contributed by atoms with Gasteiger partial charge in [0.1, 0.15) is 0 Å². The molecule has 0 radical (unpaired) electrons. The second-order valence-electron chi connectivity index (χ2n) is 4.73. The summed E-state index contributed by atoms with van der Waals surface area (Å²) in [6.45, 7) is 5.05. The van der Waals surface area contributed by atoms with Gasteiger partial charge in [0, 0.05) is 30.8 Å². The summed E-state index contributed by atoms with van der Waals surface area (Å²) in [7, 11) is 1.64. The topological polar surface area (TPSA) is 81.9 Å². The minimum Gasteiger partial charge on any atom is -0.383 e. The summed E-state index contributed by atoms with van der Waals surface area (Å²) >= 11 is 1.31. The normalized spacial score (nSPS) is 10.7. The molecule has 8 heteroatoms. The molecule has 2 aromatic heterocycles. The molecule has 0 fully saturated rings. The number of aryl methyl sites for hydroxylation is 2. The Morgan fingerprint density at radius 1 is 1.36 bits per heavy atom. The van der Waals surface area contributed by atoms with Crippen LogP contribution in [0.15, 0.2) is 23.5 Å². The number of amides is 1. The Labute approximate surface area is 133 Å². The lowest BCUT2D eigenvalue weighted by atomic mass is 10.4. The minimum absolute atomic E-state index is 0.134. The monoisotopic (exact) mass is 321 g/mol. The number of hydrogen-bond acceptors (Lipinski definition) is 6. The highest BCUT2D eigenvalue weighted by atomic mass is 32.2. The van der Waals surface area contributed by atoms with Crippen molar-refractivity contribution in [1.82, 2.24) is 19.7 Å². The zero-order valence-corrected chi connectivity index (χ0v) is 13.7. The van der Waals surface area contributed by atoms with E-state index >= 15 is 0 Å². The van der Waals surface area contributed by atoms with Crippen LogP contribution in [0, 0.1) is 13.8 Å². The second-order valence-corrected chi connectivity index (χ2v) is 5.67. The van der Waals surface area contributed by atoms with Crippen molar-refractivity contribution in [2.24, 2.45) is 0 Å². The molecule has 1 amide bonds. The van der Waals surface area contributed by atoms with Crippen LogP contribution < -0.4 is 5.32 Å². The van der Waals surface area contributed by atoms with E-state index in [1.807, 2.05) is 19.9 Å². The summed E-state index contributed by atoms with van der Waals surface area (Å²) in [6, 6.07) is 3.66. The van der Waals surface area contributed by atoms with E-state index in [4.69, 9.17) is 4.74 Å². The van der Waals surface area contributed by atoms with E-state index in [1.54, 1.807) is 24.1 Å². The Morgan fingerprint density at radius 2 is 2.09 bits per heavy atom. The summed E-state index contributed by atoms with van der Waals surface area (Å²) in [5, 5.41) is 7.59. The molecule has 2 heterocycles. The predicted molar refractivity (Wildman–Crippen MR) is 85.0 cm³/mol. The minimum atomic E-state index is -0.134. The molecular formula is C14H19N5O2S. The zero-order valence-electron chi connectivity index (χ0n) is 12.9. The quantitative estimate of drug-likeness (QED) is 0.617.